The van der Waals surface area contributed by atoms with Crippen LogP contribution in [-0.4, -0.2) is 43.2 Å². The maximum absolute atomic E-state index is 12.6. The summed E-state index contributed by atoms with van der Waals surface area (Å²) >= 11 is 1.12. The van der Waals surface area contributed by atoms with E-state index in [0.717, 1.165) is 17.3 Å². The Hall–Kier alpha value is -4.56. The predicted molar refractivity (Wildman–Crippen MR) is 140 cm³/mol. The van der Waals surface area contributed by atoms with Crippen LogP contribution in [0.1, 0.15) is 12.5 Å². The van der Waals surface area contributed by atoms with Gasteiger partial charge in [0, 0.05) is 16.9 Å². The molecule has 0 bridgehead atoms. The summed E-state index contributed by atoms with van der Waals surface area (Å²) in [6, 6.07) is 17.2. The van der Waals surface area contributed by atoms with Crippen LogP contribution >= 0.6 is 11.8 Å². The number of nitriles is 1. The zero-order valence-electron chi connectivity index (χ0n) is 21.3. The molecule has 0 radical (unpaired) electrons. The summed E-state index contributed by atoms with van der Waals surface area (Å²) in [5.41, 5.74) is 3.07. The SMILES string of the molecule is CC[n+]1cc(/N=C(\[O-])CSc2nc(-c3ccccc3)cc(-c3cc(OC)c(OC)c(OC)c3)c2C#N)on1. The van der Waals surface area contributed by atoms with E-state index in [1.165, 1.54) is 26.0 Å². The van der Waals surface area contributed by atoms with Crippen molar-refractivity contribution >= 4 is 23.5 Å². The van der Waals surface area contributed by atoms with Gasteiger partial charge >= 0.3 is 5.88 Å². The number of aliphatic imine (C=N–C) groups is 1. The minimum atomic E-state index is -0.445. The fourth-order valence-corrected chi connectivity index (χ4v) is 4.50. The first-order valence-electron chi connectivity index (χ1n) is 11.6. The van der Waals surface area contributed by atoms with Crippen molar-refractivity contribution in [2.24, 2.45) is 4.99 Å². The molecular weight excluding hydrogens is 506 g/mol. The van der Waals surface area contributed by atoms with E-state index in [2.05, 4.69) is 16.3 Å². The number of pyridine rings is 1. The van der Waals surface area contributed by atoms with Crippen molar-refractivity contribution in [3.8, 4) is 45.7 Å². The summed E-state index contributed by atoms with van der Waals surface area (Å²) in [5.74, 6) is 0.947. The van der Waals surface area contributed by atoms with Crippen molar-refractivity contribution < 1.29 is 28.5 Å². The van der Waals surface area contributed by atoms with Crippen molar-refractivity contribution in [3.05, 3.63) is 60.3 Å². The summed E-state index contributed by atoms with van der Waals surface area (Å²) in [5, 5.41) is 26.9. The lowest BCUT2D eigenvalue weighted by atomic mass is 9.98. The smallest absolute Gasteiger partial charge is 0.320 e. The van der Waals surface area contributed by atoms with Gasteiger partial charge in [-0.2, -0.15) is 5.26 Å². The monoisotopic (exact) mass is 531 g/mol. The van der Waals surface area contributed by atoms with Gasteiger partial charge in [-0.1, -0.05) is 46.8 Å². The van der Waals surface area contributed by atoms with Crippen LogP contribution in [0, 0.1) is 11.3 Å². The number of hydrogen-bond acceptors (Lipinski definition) is 10. The summed E-state index contributed by atoms with van der Waals surface area (Å²) in [6.07, 6.45) is 1.54. The zero-order valence-corrected chi connectivity index (χ0v) is 22.1. The van der Waals surface area contributed by atoms with E-state index in [9.17, 15) is 10.4 Å². The maximum Gasteiger partial charge on any atom is 0.320 e. The van der Waals surface area contributed by atoms with Gasteiger partial charge in [0.2, 0.25) is 11.0 Å². The number of thioether (sulfide) groups is 1. The van der Waals surface area contributed by atoms with Gasteiger partial charge in [-0.15, -0.1) is 0 Å². The summed E-state index contributed by atoms with van der Waals surface area (Å²) in [6.45, 7) is 2.48. The first-order chi connectivity index (χ1) is 18.5. The molecule has 0 aliphatic rings. The van der Waals surface area contributed by atoms with Crippen LogP contribution in [0.5, 0.6) is 17.2 Å². The van der Waals surface area contributed by atoms with Crippen molar-refractivity contribution in [2.75, 3.05) is 27.1 Å². The highest BCUT2D eigenvalue weighted by atomic mass is 32.2. The third kappa shape index (κ3) is 5.71. The van der Waals surface area contributed by atoms with Crippen molar-refractivity contribution in [3.63, 3.8) is 0 Å². The van der Waals surface area contributed by atoms with Crippen LogP contribution in [0.3, 0.4) is 0 Å². The quantitative estimate of drug-likeness (QED) is 0.130. The summed E-state index contributed by atoms with van der Waals surface area (Å²) < 4.78 is 23.1. The Labute approximate surface area is 224 Å². The third-order valence-corrected chi connectivity index (χ3v) is 6.49. The average molecular weight is 532 g/mol. The van der Waals surface area contributed by atoms with Crippen LogP contribution in [-0.2, 0) is 6.54 Å². The van der Waals surface area contributed by atoms with Crippen LogP contribution in [0.2, 0.25) is 0 Å². The molecule has 4 aromatic rings. The van der Waals surface area contributed by atoms with Crippen molar-refractivity contribution in [1.82, 2.24) is 10.3 Å². The number of aromatic nitrogens is 3. The molecule has 11 heteroatoms. The Morgan fingerprint density at radius 2 is 1.79 bits per heavy atom. The van der Waals surface area contributed by atoms with Crippen LogP contribution < -0.4 is 24.0 Å². The summed E-state index contributed by atoms with van der Waals surface area (Å²) in [4.78, 5) is 8.69. The third-order valence-electron chi connectivity index (χ3n) is 5.53. The van der Waals surface area contributed by atoms with Gasteiger partial charge in [-0.25, -0.2) is 9.98 Å². The second-order valence-electron chi connectivity index (χ2n) is 7.82. The number of methoxy groups -OCH3 is 3. The first kappa shape index (κ1) is 26.5. The van der Waals surface area contributed by atoms with E-state index in [4.69, 9.17) is 23.7 Å². The Morgan fingerprint density at radius 3 is 2.37 bits per heavy atom. The molecule has 0 fully saturated rings. The minimum Gasteiger partial charge on any atom is -0.861 e. The molecule has 4 rings (SSSR count). The first-order valence-corrected chi connectivity index (χ1v) is 12.5. The highest BCUT2D eigenvalue weighted by molar-refractivity contribution is 8.00. The lowest BCUT2D eigenvalue weighted by Gasteiger charge is -2.17. The molecule has 0 aliphatic heterocycles. The van der Waals surface area contributed by atoms with E-state index < -0.39 is 5.90 Å². The molecule has 0 saturated heterocycles. The number of benzene rings is 2. The second kappa shape index (κ2) is 12.1. The zero-order chi connectivity index (χ0) is 27.1. The summed E-state index contributed by atoms with van der Waals surface area (Å²) in [7, 11) is 4.58. The van der Waals surface area contributed by atoms with Gasteiger partial charge in [-0.3, -0.25) is 4.52 Å². The van der Waals surface area contributed by atoms with Gasteiger partial charge in [0.25, 0.3) is 6.20 Å². The Kier molecular flexibility index (Phi) is 8.45. The number of hydrogen-bond donors (Lipinski definition) is 0. The van der Waals surface area contributed by atoms with Crippen LogP contribution in [0.25, 0.3) is 22.4 Å². The Balaban J connectivity index is 1.81. The van der Waals surface area contributed by atoms with Gasteiger partial charge in [0.1, 0.15) is 11.1 Å². The number of aryl methyl sites for hydroxylation is 1. The molecule has 0 N–H and O–H groups in total. The van der Waals surface area contributed by atoms with Gasteiger partial charge in [0.15, 0.2) is 18.0 Å². The molecule has 0 amide bonds. The average Bonchev–Trinajstić information content (AvgIpc) is 3.42. The maximum atomic E-state index is 12.6. The van der Waals surface area contributed by atoms with Crippen LogP contribution in [0.4, 0.5) is 5.88 Å². The number of ether oxygens (including phenoxy) is 3. The molecule has 2 heterocycles. The van der Waals surface area contributed by atoms with E-state index in [1.54, 1.807) is 18.3 Å². The lowest BCUT2D eigenvalue weighted by Crippen LogP contribution is -2.32. The molecular formula is C27H25N5O5S. The molecule has 0 atom stereocenters. The molecule has 38 heavy (non-hydrogen) atoms. The largest absolute Gasteiger partial charge is 0.861 e. The molecule has 0 spiro atoms. The molecule has 0 saturated carbocycles. The van der Waals surface area contributed by atoms with Gasteiger partial charge in [0.05, 0.1) is 32.6 Å². The molecule has 0 unspecified atom stereocenters. The van der Waals surface area contributed by atoms with E-state index >= 15 is 0 Å². The second-order valence-corrected chi connectivity index (χ2v) is 8.78. The van der Waals surface area contributed by atoms with E-state index in [1.807, 2.05) is 43.3 Å². The highest BCUT2D eigenvalue weighted by Gasteiger charge is 2.20. The van der Waals surface area contributed by atoms with E-state index in [-0.39, 0.29) is 11.6 Å². The lowest BCUT2D eigenvalue weighted by molar-refractivity contribution is -0.759. The number of nitrogens with zero attached hydrogens (tertiary/aromatic N) is 5. The molecule has 194 valence electrons. The molecule has 2 aromatic carbocycles. The molecule has 0 aliphatic carbocycles. The fourth-order valence-electron chi connectivity index (χ4n) is 3.71. The highest BCUT2D eigenvalue weighted by Crippen LogP contribution is 2.43. The topological polar surface area (TPSA) is 130 Å². The van der Waals surface area contributed by atoms with Crippen LogP contribution in [0.15, 0.2) is 69.3 Å². The predicted octanol–water partition coefficient (Wildman–Crippen LogP) is 3.79. The van der Waals surface area contributed by atoms with E-state index in [0.29, 0.717) is 51.2 Å². The standard InChI is InChI=1S/C27H25N5O5S/c1-5-32-15-25(37-31-32)30-24(33)16-38-27-20(14-28)19(13-21(29-27)17-9-7-6-8-10-17)18-11-22(34-2)26(36-4)23(12-18)35-3/h6-13,15H,5,16H2,1-4H3. The fraction of sp³-hybridized carbons (Fsp3) is 0.222. The van der Waals surface area contributed by atoms with Crippen molar-refractivity contribution in [2.45, 2.75) is 18.5 Å². The Morgan fingerprint density at radius 1 is 1.08 bits per heavy atom. The number of rotatable bonds is 10. The van der Waals surface area contributed by atoms with Crippen molar-refractivity contribution in [1.29, 1.82) is 5.26 Å². The van der Waals surface area contributed by atoms with Gasteiger partial charge in [-0.05, 0) is 36.6 Å². The van der Waals surface area contributed by atoms with Gasteiger partial charge < -0.3 is 19.3 Å². The molecule has 2 aromatic heterocycles. The molecule has 10 nitrogen and oxygen atoms in total. The Bertz CT molecular complexity index is 1470. The normalized spacial score (nSPS) is 11.2. The minimum absolute atomic E-state index is 0.0541.